The lowest BCUT2D eigenvalue weighted by molar-refractivity contribution is -0.179. The number of nitrogens with zero attached hydrogens (tertiary/aromatic N) is 4. The second kappa shape index (κ2) is 10.3. The number of carbonyl (C=O) groups is 1. The average molecular weight is 524 g/mol. The summed E-state index contributed by atoms with van der Waals surface area (Å²) < 4.78 is 45.8. The molecule has 4 rings (SSSR count). The highest BCUT2D eigenvalue weighted by Gasteiger charge is 2.41. The molecule has 1 fully saturated rings. The van der Waals surface area contributed by atoms with Gasteiger partial charge in [-0.15, -0.1) is 0 Å². The van der Waals surface area contributed by atoms with E-state index in [0.717, 1.165) is 10.9 Å². The van der Waals surface area contributed by atoms with Crippen molar-refractivity contribution < 1.29 is 22.7 Å². The maximum Gasteiger partial charge on any atom is 0.391 e. The molecule has 1 amide bonds. The van der Waals surface area contributed by atoms with E-state index in [2.05, 4.69) is 15.3 Å². The van der Waals surface area contributed by atoms with E-state index in [1.54, 1.807) is 24.1 Å². The summed E-state index contributed by atoms with van der Waals surface area (Å²) in [6.45, 7) is 0.151. The molecule has 0 spiro atoms. The molecule has 1 aromatic carbocycles. The second-order valence-electron chi connectivity index (χ2n) is 8.67. The van der Waals surface area contributed by atoms with Crippen molar-refractivity contribution in [3.05, 3.63) is 57.1 Å². The van der Waals surface area contributed by atoms with Gasteiger partial charge in [0, 0.05) is 39.0 Å². The zero-order chi connectivity index (χ0) is 26.0. The fraction of sp³-hybridized carbons (Fsp3) is 0.417. The van der Waals surface area contributed by atoms with E-state index in [0.29, 0.717) is 28.6 Å². The molecule has 2 aromatic heterocycles. The Balaban J connectivity index is 1.56. The molecular formula is C24H25ClF3N5O3. The molecule has 0 saturated carbocycles. The van der Waals surface area contributed by atoms with Crippen molar-refractivity contribution in [2.24, 2.45) is 13.0 Å². The zero-order valence-electron chi connectivity index (χ0n) is 19.7. The van der Waals surface area contributed by atoms with Gasteiger partial charge in [-0.2, -0.15) is 13.2 Å². The van der Waals surface area contributed by atoms with E-state index in [9.17, 15) is 22.8 Å². The number of alkyl halides is 3. The van der Waals surface area contributed by atoms with Crippen molar-refractivity contribution in [2.45, 2.75) is 25.4 Å². The number of fused-ring (bicyclic) bond motifs is 1. The smallest absolute Gasteiger partial charge is 0.391 e. The number of hydrogen-bond acceptors (Lipinski definition) is 6. The van der Waals surface area contributed by atoms with Gasteiger partial charge in [0.05, 0.1) is 28.3 Å². The molecule has 12 heteroatoms. The number of aryl methyl sites for hydroxylation is 1. The van der Waals surface area contributed by atoms with Crippen LogP contribution >= 0.6 is 11.6 Å². The van der Waals surface area contributed by atoms with Crippen LogP contribution in [-0.2, 0) is 18.3 Å². The molecule has 1 aliphatic rings. The third-order valence-electron chi connectivity index (χ3n) is 6.31. The molecule has 36 heavy (non-hydrogen) atoms. The number of nitrogens with one attached hydrogen (secondary N) is 1. The number of likely N-dealkylation sites (N-methyl/N-ethyl adjacent to an activating group) is 1. The maximum atomic E-state index is 13.0. The van der Waals surface area contributed by atoms with Crippen LogP contribution in [0.25, 0.3) is 10.9 Å². The van der Waals surface area contributed by atoms with Crippen LogP contribution in [0.2, 0.25) is 5.02 Å². The Morgan fingerprint density at radius 2 is 1.97 bits per heavy atom. The molecule has 0 aliphatic carbocycles. The highest BCUT2D eigenvalue weighted by molar-refractivity contribution is 6.31. The number of benzene rings is 1. The normalized spacial score (nSPS) is 14.8. The second-order valence-corrected chi connectivity index (χ2v) is 9.08. The molecule has 0 atom stereocenters. The molecule has 192 valence electrons. The van der Waals surface area contributed by atoms with E-state index >= 15 is 0 Å². The van der Waals surface area contributed by atoms with Crippen molar-refractivity contribution in [3.8, 4) is 5.75 Å². The minimum Gasteiger partial charge on any atom is -0.478 e. The number of amides is 1. The maximum absolute atomic E-state index is 13.0. The number of aromatic nitrogens is 3. The lowest BCUT2D eigenvalue weighted by Crippen LogP contribution is -2.39. The van der Waals surface area contributed by atoms with Crippen LogP contribution in [0, 0.1) is 5.92 Å². The first-order valence-electron chi connectivity index (χ1n) is 11.4. The highest BCUT2D eigenvalue weighted by atomic mass is 35.5. The Hall–Kier alpha value is -3.34. The Kier molecular flexibility index (Phi) is 7.39. The number of rotatable bonds is 6. The summed E-state index contributed by atoms with van der Waals surface area (Å²) in [6, 6.07) is 7.10. The summed E-state index contributed by atoms with van der Waals surface area (Å²) in [5.41, 5.74) is 1.70. The predicted octanol–water partition coefficient (Wildman–Crippen LogP) is 3.48. The lowest BCUT2D eigenvalue weighted by atomic mass is 9.96. The topological polar surface area (TPSA) is 89.3 Å². The predicted molar refractivity (Wildman–Crippen MR) is 130 cm³/mol. The molecule has 8 nitrogen and oxygen atoms in total. The monoisotopic (exact) mass is 523 g/mol. The molecule has 1 saturated heterocycles. The first kappa shape index (κ1) is 25.7. The molecule has 0 unspecified atom stereocenters. The number of pyridine rings is 1. The van der Waals surface area contributed by atoms with Crippen molar-refractivity contribution in [1.29, 1.82) is 0 Å². The van der Waals surface area contributed by atoms with E-state index in [1.807, 2.05) is 12.1 Å². The van der Waals surface area contributed by atoms with Crippen molar-refractivity contribution in [2.75, 3.05) is 31.6 Å². The first-order valence-corrected chi connectivity index (χ1v) is 11.7. The molecule has 0 bridgehead atoms. The number of carbonyl (C=O) groups excluding carboxylic acids is 1. The van der Waals surface area contributed by atoms with Crippen molar-refractivity contribution in [3.63, 3.8) is 0 Å². The molecule has 1 N–H and O–H groups in total. The number of ether oxygens (including phenoxy) is 1. The van der Waals surface area contributed by atoms with Gasteiger partial charge in [0.1, 0.15) is 0 Å². The van der Waals surface area contributed by atoms with Crippen LogP contribution in [0.4, 0.5) is 19.1 Å². The third kappa shape index (κ3) is 5.56. The fourth-order valence-corrected chi connectivity index (χ4v) is 4.36. The minimum atomic E-state index is -4.19. The van der Waals surface area contributed by atoms with E-state index in [1.165, 1.54) is 17.8 Å². The minimum absolute atomic E-state index is 0.00145. The summed E-state index contributed by atoms with van der Waals surface area (Å²) in [5.74, 6) is -1.26. The molecular weight excluding hydrogens is 499 g/mol. The van der Waals surface area contributed by atoms with Crippen molar-refractivity contribution >= 4 is 34.4 Å². The van der Waals surface area contributed by atoms with E-state index in [4.69, 9.17) is 16.3 Å². The highest BCUT2D eigenvalue weighted by Crippen LogP contribution is 2.35. The summed E-state index contributed by atoms with van der Waals surface area (Å²) >= 11 is 6.35. The van der Waals surface area contributed by atoms with Gasteiger partial charge < -0.3 is 19.5 Å². The van der Waals surface area contributed by atoms with Crippen LogP contribution in [0.5, 0.6) is 5.75 Å². The Morgan fingerprint density at radius 3 is 2.64 bits per heavy atom. The van der Waals surface area contributed by atoms with Gasteiger partial charge in [0.15, 0.2) is 12.4 Å². The van der Waals surface area contributed by atoms with E-state index in [-0.39, 0.29) is 49.8 Å². The molecule has 3 heterocycles. The zero-order valence-corrected chi connectivity index (χ0v) is 20.5. The van der Waals surface area contributed by atoms with Crippen LogP contribution in [-0.4, -0.2) is 53.4 Å². The summed E-state index contributed by atoms with van der Waals surface area (Å²) in [5, 5.41) is 3.50. The summed E-state index contributed by atoms with van der Waals surface area (Å²) in [4.78, 5) is 34.6. The average Bonchev–Trinajstić information content (AvgIpc) is 2.86. The van der Waals surface area contributed by atoms with Crippen LogP contribution in [0.15, 0.2) is 35.3 Å². The van der Waals surface area contributed by atoms with Gasteiger partial charge in [-0.3, -0.25) is 9.59 Å². The largest absolute Gasteiger partial charge is 0.478 e. The van der Waals surface area contributed by atoms with Gasteiger partial charge in [0.25, 0.3) is 11.5 Å². The van der Waals surface area contributed by atoms with Gasteiger partial charge in [-0.05, 0) is 36.6 Å². The summed E-state index contributed by atoms with van der Waals surface area (Å²) in [7, 11) is 3.09. The number of halogens is 4. The number of hydrogen-bond donors (Lipinski definition) is 1. The molecule has 3 aromatic rings. The standard InChI is InChI=1S/C24H25ClF3N5O3/c1-29-21(34)13-36-20-11-15-9-14(3-4-19(15)32(2)22(20)35)10-18-17(25)12-30-23(31-18)33-7-5-16(6-8-33)24(26,27)28/h3-4,9,11-12,16H,5-8,10,13H2,1-2H3,(H,29,34). The van der Waals surface area contributed by atoms with Gasteiger partial charge in [-0.1, -0.05) is 17.7 Å². The number of piperidine rings is 1. The Labute approximate surface area is 210 Å². The van der Waals surface area contributed by atoms with E-state index < -0.39 is 12.1 Å². The summed E-state index contributed by atoms with van der Waals surface area (Å²) in [6.07, 6.45) is -2.38. The Morgan fingerprint density at radius 1 is 1.25 bits per heavy atom. The molecule has 1 aliphatic heterocycles. The number of anilines is 1. The van der Waals surface area contributed by atoms with Gasteiger partial charge >= 0.3 is 6.18 Å². The SMILES string of the molecule is CNC(=O)COc1cc2cc(Cc3nc(N4CCC(C(F)(F)F)CC4)ncc3Cl)ccc2n(C)c1=O. The quantitative estimate of drug-likeness (QED) is 0.532. The van der Waals surface area contributed by atoms with Gasteiger partial charge in [0.2, 0.25) is 5.95 Å². The van der Waals surface area contributed by atoms with Crippen LogP contribution < -0.4 is 20.5 Å². The molecule has 0 radical (unpaired) electrons. The van der Waals surface area contributed by atoms with Crippen molar-refractivity contribution in [1.82, 2.24) is 19.9 Å². The third-order valence-corrected chi connectivity index (χ3v) is 6.62. The van der Waals surface area contributed by atoms with Crippen LogP contribution in [0.1, 0.15) is 24.1 Å². The first-order chi connectivity index (χ1) is 17.1. The fourth-order valence-electron chi connectivity index (χ4n) is 4.20. The van der Waals surface area contributed by atoms with Gasteiger partial charge in [-0.25, -0.2) is 9.97 Å². The van der Waals surface area contributed by atoms with Crippen LogP contribution in [0.3, 0.4) is 0 Å². The lowest BCUT2D eigenvalue weighted by Gasteiger charge is -2.33. The Bertz CT molecular complexity index is 1340.